The Morgan fingerprint density at radius 3 is 2.20 bits per heavy atom. The summed E-state index contributed by atoms with van der Waals surface area (Å²) in [6.07, 6.45) is 1.46. The average Bonchev–Trinajstić information content (AvgIpc) is 2.34. The van der Waals surface area contributed by atoms with Gasteiger partial charge in [-0.05, 0) is 50.4 Å². The Kier molecular flexibility index (Phi) is 5.16. The summed E-state index contributed by atoms with van der Waals surface area (Å²) < 4.78 is 37.6. The molecule has 20 heavy (non-hydrogen) atoms. The Bertz CT molecular complexity index is 329. The Labute approximate surface area is 118 Å². The van der Waals surface area contributed by atoms with Crippen LogP contribution in [0.4, 0.5) is 13.2 Å². The van der Waals surface area contributed by atoms with Crippen molar-refractivity contribution in [2.24, 2.45) is 28.5 Å². The van der Waals surface area contributed by atoms with Crippen LogP contribution in [0.1, 0.15) is 44.9 Å². The van der Waals surface area contributed by atoms with Gasteiger partial charge in [-0.1, -0.05) is 6.42 Å². The van der Waals surface area contributed by atoms with E-state index in [0.717, 1.165) is 6.54 Å². The monoisotopic (exact) mass is 291 g/mol. The van der Waals surface area contributed by atoms with Crippen molar-refractivity contribution in [2.45, 2.75) is 51.1 Å². The van der Waals surface area contributed by atoms with E-state index < -0.39 is 12.1 Å². The topological polar surface area (TPSA) is 50.4 Å². The fraction of sp³-hybridized carbons (Fsp3) is 0.929. The van der Waals surface area contributed by atoms with Crippen LogP contribution in [0, 0.1) is 17.8 Å². The van der Waals surface area contributed by atoms with Crippen LogP contribution in [-0.2, 0) is 0 Å². The first kappa shape index (κ1) is 15.4. The van der Waals surface area contributed by atoms with Gasteiger partial charge in [-0.2, -0.15) is 13.2 Å². The van der Waals surface area contributed by atoms with Crippen molar-refractivity contribution in [3.05, 3.63) is 0 Å². The van der Waals surface area contributed by atoms with Crippen molar-refractivity contribution < 1.29 is 13.2 Å². The van der Waals surface area contributed by atoms with Crippen molar-refractivity contribution >= 4 is 5.96 Å². The molecule has 0 aromatic carbocycles. The molecule has 3 nitrogen and oxygen atoms in total. The number of nitrogens with zero attached hydrogens (tertiary/aromatic N) is 1. The summed E-state index contributed by atoms with van der Waals surface area (Å²) in [5, 5.41) is 3.06. The Morgan fingerprint density at radius 2 is 1.70 bits per heavy atom. The zero-order valence-electron chi connectivity index (χ0n) is 11.8. The molecule has 2 rings (SSSR count). The summed E-state index contributed by atoms with van der Waals surface area (Å²) >= 11 is 0. The maximum Gasteiger partial charge on any atom is 0.391 e. The first-order valence-electron chi connectivity index (χ1n) is 7.55. The zero-order valence-corrected chi connectivity index (χ0v) is 11.8. The van der Waals surface area contributed by atoms with Crippen molar-refractivity contribution in [3.8, 4) is 0 Å². The molecule has 0 aromatic rings. The predicted molar refractivity (Wildman–Crippen MR) is 73.3 cm³/mol. The van der Waals surface area contributed by atoms with Crippen LogP contribution >= 0.6 is 0 Å². The van der Waals surface area contributed by atoms with E-state index in [-0.39, 0.29) is 18.8 Å². The molecule has 116 valence electrons. The number of guanidine groups is 1. The lowest BCUT2D eigenvalue weighted by molar-refractivity contribution is -0.183. The maximum atomic E-state index is 12.5. The molecular formula is C14H24F3N3. The molecule has 0 bridgehead atoms. The third-order valence-corrected chi connectivity index (χ3v) is 4.63. The molecule has 2 saturated carbocycles. The molecule has 0 radical (unpaired) electrons. The highest BCUT2D eigenvalue weighted by Gasteiger charge is 2.41. The van der Waals surface area contributed by atoms with Crippen LogP contribution in [-0.4, -0.2) is 25.2 Å². The van der Waals surface area contributed by atoms with E-state index in [1.807, 2.05) is 0 Å². The van der Waals surface area contributed by atoms with E-state index in [1.165, 1.54) is 19.3 Å². The normalized spacial score (nSPS) is 29.1. The van der Waals surface area contributed by atoms with E-state index in [2.05, 4.69) is 10.3 Å². The molecule has 0 atom stereocenters. The first-order valence-corrected chi connectivity index (χ1v) is 7.55. The molecule has 2 aliphatic rings. The lowest BCUT2D eigenvalue weighted by Crippen LogP contribution is -2.38. The van der Waals surface area contributed by atoms with Gasteiger partial charge in [-0.15, -0.1) is 0 Å². The van der Waals surface area contributed by atoms with Crippen molar-refractivity contribution in [3.63, 3.8) is 0 Å². The third kappa shape index (κ3) is 4.56. The second kappa shape index (κ2) is 6.68. The van der Waals surface area contributed by atoms with Gasteiger partial charge in [0.1, 0.15) is 0 Å². The minimum atomic E-state index is -4.03. The molecule has 6 heteroatoms. The summed E-state index contributed by atoms with van der Waals surface area (Å²) in [6.45, 7) is 1.42. The third-order valence-electron chi connectivity index (χ3n) is 4.63. The van der Waals surface area contributed by atoms with Gasteiger partial charge in [0, 0.05) is 13.1 Å². The largest absolute Gasteiger partial charge is 0.391 e. The molecule has 0 aromatic heterocycles. The number of nitrogens with one attached hydrogen (secondary N) is 1. The van der Waals surface area contributed by atoms with Crippen LogP contribution < -0.4 is 11.1 Å². The molecule has 0 saturated heterocycles. The highest BCUT2D eigenvalue weighted by Crippen LogP contribution is 2.39. The fourth-order valence-corrected chi connectivity index (χ4v) is 2.90. The molecule has 0 heterocycles. The molecule has 0 aliphatic heterocycles. The number of aliphatic imine (C=N–C) groups is 1. The Balaban J connectivity index is 1.62. The van der Waals surface area contributed by atoms with Crippen LogP contribution in [0.25, 0.3) is 0 Å². The number of hydrogen-bond acceptors (Lipinski definition) is 1. The number of alkyl halides is 3. The minimum Gasteiger partial charge on any atom is -0.370 e. The van der Waals surface area contributed by atoms with E-state index in [0.29, 0.717) is 31.3 Å². The van der Waals surface area contributed by atoms with Crippen LogP contribution in [0.3, 0.4) is 0 Å². The summed E-state index contributed by atoms with van der Waals surface area (Å²) in [4.78, 5) is 4.29. The quantitative estimate of drug-likeness (QED) is 0.618. The average molecular weight is 291 g/mol. The lowest BCUT2D eigenvalue weighted by atomic mass is 9.81. The van der Waals surface area contributed by atoms with Gasteiger partial charge in [0.2, 0.25) is 0 Å². The fourth-order valence-electron chi connectivity index (χ4n) is 2.90. The number of nitrogens with two attached hydrogens (primary N) is 1. The van der Waals surface area contributed by atoms with Gasteiger partial charge in [0.25, 0.3) is 0 Å². The highest BCUT2D eigenvalue weighted by molar-refractivity contribution is 5.77. The van der Waals surface area contributed by atoms with Gasteiger partial charge in [0.15, 0.2) is 5.96 Å². The molecule has 2 aliphatic carbocycles. The van der Waals surface area contributed by atoms with E-state index in [1.54, 1.807) is 0 Å². The molecule has 0 amide bonds. The van der Waals surface area contributed by atoms with Crippen LogP contribution in [0.5, 0.6) is 0 Å². The van der Waals surface area contributed by atoms with Crippen molar-refractivity contribution in [2.75, 3.05) is 13.1 Å². The number of halogens is 3. The van der Waals surface area contributed by atoms with Gasteiger partial charge < -0.3 is 11.1 Å². The standard InChI is InChI=1S/C14H24F3N3/c15-14(16,17)12-6-4-11(5-7-12)9-20-13(18)19-8-10-2-1-3-10/h10-12H,1-9H2,(H3,18,19,20). The molecule has 0 unspecified atom stereocenters. The SMILES string of the molecule is NC(=NCC1CCC1)NCC1CCC(C(F)(F)F)CC1. The van der Waals surface area contributed by atoms with Crippen molar-refractivity contribution in [1.29, 1.82) is 0 Å². The van der Waals surface area contributed by atoms with Crippen molar-refractivity contribution in [1.82, 2.24) is 5.32 Å². The summed E-state index contributed by atoms with van der Waals surface area (Å²) in [5.74, 6) is 0.293. The lowest BCUT2D eigenvalue weighted by Gasteiger charge is -2.30. The summed E-state index contributed by atoms with van der Waals surface area (Å²) in [7, 11) is 0. The first-order chi connectivity index (χ1) is 9.45. The number of rotatable bonds is 4. The minimum absolute atomic E-state index is 0.245. The van der Waals surface area contributed by atoms with Gasteiger partial charge in [0.05, 0.1) is 5.92 Å². The van der Waals surface area contributed by atoms with Gasteiger partial charge in [-0.3, -0.25) is 4.99 Å². The maximum absolute atomic E-state index is 12.5. The molecule has 3 N–H and O–H groups in total. The number of hydrogen-bond donors (Lipinski definition) is 2. The van der Waals surface area contributed by atoms with Crippen LogP contribution in [0.15, 0.2) is 4.99 Å². The van der Waals surface area contributed by atoms with E-state index in [4.69, 9.17) is 5.73 Å². The second-order valence-corrected chi connectivity index (χ2v) is 6.16. The highest BCUT2D eigenvalue weighted by atomic mass is 19.4. The summed E-state index contributed by atoms with van der Waals surface area (Å²) in [6, 6.07) is 0. The Morgan fingerprint density at radius 1 is 1.05 bits per heavy atom. The van der Waals surface area contributed by atoms with E-state index in [9.17, 15) is 13.2 Å². The zero-order chi connectivity index (χ0) is 14.6. The van der Waals surface area contributed by atoms with Gasteiger partial charge in [-0.25, -0.2) is 0 Å². The van der Waals surface area contributed by atoms with Gasteiger partial charge >= 0.3 is 6.18 Å². The van der Waals surface area contributed by atoms with E-state index >= 15 is 0 Å². The molecule has 0 spiro atoms. The molecule has 2 fully saturated rings. The second-order valence-electron chi connectivity index (χ2n) is 6.16. The van der Waals surface area contributed by atoms with Crippen LogP contribution in [0.2, 0.25) is 0 Å². The Hall–Kier alpha value is -0.940. The summed E-state index contributed by atoms with van der Waals surface area (Å²) in [5.41, 5.74) is 5.77. The predicted octanol–water partition coefficient (Wildman–Crippen LogP) is 3.06. The smallest absolute Gasteiger partial charge is 0.370 e. The molecular weight excluding hydrogens is 267 g/mol.